The van der Waals surface area contributed by atoms with Gasteiger partial charge in [0, 0.05) is 33.3 Å². The van der Waals surface area contributed by atoms with E-state index >= 15 is 0 Å². The molecule has 2 aromatic rings. The maximum absolute atomic E-state index is 6.80. The van der Waals surface area contributed by atoms with Gasteiger partial charge < -0.3 is 5.32 Å². The van der Waals surface area contributed by atoms with Crippen LogP contribution in [-0.4, -0.2) is 4.87 Å². The van der Waals surface area contributed by atoms with Crippen LogP contribution in [0.4, 0.5) is 5.69 Å². The Kier molecular flexibility index (Phi) is 5.18. The quantitative estimate of drug-likeness (QED) is 0.502. The first-order valence-corrected chi connectivity index (χ1v) is 9.62. The highest BCUT2D eigenvalue weighted by molar-refractivity contribution is 6.32. The molecule has 3 unspecified atom stereocenters. The molecule has 0 radical (unpaired) electrons. The predicted molar refractivity (Wildman–Crippen MR) is 116 cm³/mol. The molecule has 0 aliphatic heterocycles. The van der Waals surface area contributed by atoms with Gasteiger partial charge in [-0.25, -0.2) is 0 Å². The third-order valence-electron chi connectivity index (χ3n) is 4.97. The Bertz CT molecular complexity index is 878. The minimum Gasteiger partial charge on any atom is -0.359 e. The van der Waals surface area contributed by atoms with E-state index in [-0.39, 0.29) is 16.7 Å². The van der Waals surface area contributed by atoms with Crippen LogP contribution in [0.3, 0.4) is 0 Å². The van der Waals surface area contributed by atoms with Crippen molar-refractivity contribution in [1.29, 1.82) is 0 Å². The molecule has 3 atom stereocenters. The van der Waals surface area contributed by atoms with Crippen molar-refractivity contribution in [2.24, 2.45) is 5.92 Å². The second-order valence-electron chi connectivity index (χ2n) is 7.29. The van der Waals surface area contributed by atoms with Crippen LogP contribution >= 0.6 is 34.8 Å². The van der Waals surface area contributed by atoms with Gasteiger partial charge in [0.15, 0.2) is 0 Å². The summed E-state index contributed by atoms with van der Waals surface area (Å²) >= 11 is 19.3. The molecular formula is C22H22Cl3N. The summed E-state index contributed by atoms with van der Waals surface area (Å²) in [4.78, 5) is -0.384. The lowest BCUT2D eigenvalue weighted by Crippen LogP contribution is -2.05. The van der Waals surface area contributed by atoms with E-state index in [4.69, 9.17) is 34.8 Å². The molecule has 2 aromatic carbocycles. The average Bonchev–Trinajstić information content (AvgIpc) is 3.10. The highest BCUT2D eigenvalue weighted by Gasteiger charge is 2.62. The molecule has 0 aromatic heterocycles. The van der Waals surface area contributed by atoms with Gasteiger partial charge in [0.1, 0.15) is 0 Å². The fourth-order valence-electron chi connectivity index (χ4n) is 3.68. The summed E-state index contributed by atoms with van der Waals surface area (Å²) in [5.41, 5.74) is 5.95. The lowest BCUT2D eigenvalue weighted by atomic mass is 10.0. The van der Waals surface area contributed by atoms with E-state index < -0.39 is 0 Å². The summed E-state index contributed by atoms with van der Waals surface area (Å²) in [5, 5.41) is 4.83. The largest absolute Gasteiger partial charge is 0.359 e. The molecular weight excluding hydrogens is 385 g/mol. The first-order chi connectivity index (χ1) is 12.1. The van der Waals surface area contributed by atoms with Crippen molar-refractivity contribution in [2.75, 3.05) is 5.32 Å². The van der Waals surface area contributed by atoms with Gasteiger partial charge in [-0.1, -0.05) is 42.4 Å². The summed E-state index contributed by atoms with van der Waals surface area (Å²) in [6.45, 7) is 14.2. The molecule has 3 rings (SSSR count). The van der Waals surface area contributed by atoms with Gasteiger partial charge in [-0.05, 0) is 73.4 Å². The minimum atomic E-state index is -0.384. The van der Waals surface area contributed by atoms with Gasteiger partial charge >= 0.3 is 0 Å². The molecule has 0 heterocycles. The maximum atomic E-state index is 6.80. The zero-order chi connectivity index (χ0) is 19.2. The van der Waals surface area contributed by atoms with Crippen molar-refractivity contribution in [3.05, 3.63) is 82.0 Å². The van der Waals surface area contributed by atoms with Crippen LogP contribution < -0.4 is 5.32 Å². The summed E-state index contributed by atoms with van der Waals surface area (Å²) in [5.74, 6) is 0.292. The summed E-state index contributed by atoms with van der Waals surface area (Å²) in [7, 11) is 0. The average molecular weight is 407 g/mol. The monoisotopic (exact) mass is 405 g/mol. The van der Waals surface area contributed by atoms with E-state index in [0.717, 1.165) is 38.7 Å². The Morgan fingerprint density at radius 2 is 1.81 bits per heavy atom. The first kappa shape index (κ1) is 19.4. The van der Waals surface area contributed by atoms with Crippen LogP contribution in [0.5, 0.6) is 0 Å². The topological polar surface area (TPSA) is 12.0 Å². The van der Waals surface area contributed by atoms with Crippen molar-refractivity contribution in [2.45, 2.75) is 31.6 Å². The number of anilines is 1. The van der Waals surface area contributed by atoms with Crippen molar-refractivity contribution >= 4 is 46.1 Å². The molecule has 0 saturated heterocycles. The fraction of sp³-hybridized carbons (Fsp3) is 0.273. The predicted octanol–water partition coefficient (Wildman–Crippen LogP) is 7.67. The van der Waals surface area contributed by atoms with Crippen LogP contribution in [-0.2, 0) is 0 Å². The van der Waals surface area contributed by atoms with E-state index in [1.165, 1.54) is 0 Å². The Morgan fingerprint density at radius 1 is 1.12 bits per heavy atom. The Balaban J connectivity index is 1.82. The molecule has 136 valence electrons. The number of hydrogen-bond donors (Lipinski definition) is 1. The normalized spacial score (nSPS) is 24.2. The number of aryl methyl sites for hydroxylation is 1. The smallest absolute Gasteiger partial charge is 0.0582 e. The summed E-state index contributed by atoms with van der Waals surface area (Å²) in [6.07, 6.45) is 0. The van der Waals surface area contributed by atoms with Gasteiger partial charge in [0.2, 0.25) is 0 Å². The van der Waals surface area contributed by atoms with Gasteiger partial charge in [-0.2, -0.15) is 0 Å². The number of nitrogens with one attached hydrogen (secondary N) is 1. The standard InChI is InChI=1S/C22H22Cl3N/c1-12(2)18-11-17(6-7-19(18)24)26-14(4)20-21(22(20,5)25)15-8-13(3)9-16(23)10-15/h6-11,20-21,26H,1,4H2,2-3,5H3. The Hall–Kier alpha value is -1.41. The van der Waals surface area contributed by atoms with Crippen molar-refractivity contribution in [1.82, 2.24) is 0 Å². The zero-order valence-corrected chi connectivity index (χ0v) is 17.4. The number of rotatable bonds is 5. The molecule has 0 amide bonds. The summed E-state index contributed by atoms with van der Waals surface area (Å²) in [6, 6.07) is 11.9. The van der Waals surface area contributed by atoms with Crippen molar-refractivity contribution in [3.63, 3.8) is 0 Å². The molecule has 0 bridgehead atoms. The van der Waals surface area contributed by atoms with Crippen molar-refractivity contribution in [3.8, 4) is 0 Å². The second-order valence-corrected chi connectivity index (χ2v) is 8.95. The van der Waals surface area contributed by atoms with E-state index in [1.54, 1.807) is 0 Å². The number of halogens is 3. The second kappa shape index (κ2) is 6.96. The third kappa shape index (κ3) is 3.67. The molecule has 1 saturated carbocycles. The highest BCUT2D eigenvalue weighted by atomic mass is 35.5. The molecule has 1 nitrogen and oxygen atoms in total. The Morgan fingerprint density at radius 3 is 2.42 bits per heavy atom. The van der Waals surface area contributed by atoms with E-state index in [0.29, 0.717) is 5.02 Å². The SMILES string of the molecule is C=C(C)c1cc(NC(=C)C2C(c3cc(C)cc(Cl)c3)C2(C)Cl)ccc1Cl. The van der Waals surface area contributed by atoms with Crippen LogP contribution in [0.2, 0.25) is 10.0 Å². The lowest BCUT2D eigenvalue weighted by Gasteiger charge is -2.13. The number of allylic oxidation sites excluding steroid dienone is 2. The van der Waals surface area contributed by atoms with Crippen LogP contribution in [0.15, 0.2) is 55.3 Å². The highest BCUT2D eigenvalue weighted by Crippen LogP contribution is 2.64. The summed E-state index contributed by atoms with van der Waals surface area (Å²) < 4.78 is 0. The van der Waals surface area contributed by atoms with Crippen LogP contribution in [0, 0.1) is 12.8 Å². The third-order valence-corrected chi connectivity index (χ3v) is 5.99. The number of hydrogen-bond acceptors (Lipinski definition) is 1. The van der Waals surface area contributed by atoms with Gasteiger partial charge in [-0.15, -0.1) is 11.6 Å². The Labute approximate surface area is 170 Å². The number of benzene rings is 2. The molecule has 4 heteroatoms. The van der Waals surface area contributed by atoms with Crippen LogP contribution in [0.1, 0.15) is 36.5 Å². The van der Waals surface area contributed by atoms with Crippen molar-refractivity contribution < 1.29 is 0 Å². The van der Waals surface area contributed by atoms with E-state index in [2.05, 4.69) is 24.5 Å². The van der Waals surface area contributed by atoms with Gasteiger partial charge in [0.05, 0.1) is 4.87 Å². The maximum Gasteiger partial charge on any atom is 0.0582 e. The molecule has 0 spiro atoms. The zero-order valence-electron chi connectivity index (χ0n) is 15.2. The van der Waals surface area contributed by atoms with Crippen LogP contribution in [0.25, 0.3) is 5.57 Å². The number of alkyl halides is 1. The molecule has 1 aliphatic rings. The molecule has 1 aliphatic carbocycles. The van der Waals surface area contributed by atoms with E-state index in [1.807, 2.05) is 51.1 Å². The minimum absolute atomic E-state index is 0.117. The first-order valence-electron chi connectivity index (χ1n) is 8.48. The van der Waals surface area contributed by atoms with Gasteiger partial charge in [0.25, 0.3) is 0 Å². The van der Waals surface area contributed by atoms with E-state index in [9.17, 15) is 0 Å². The van der Waals surface area contributed by atoms with Gasteiger partial charge in [-0.3, -0.25) is 0 Å². The lowest BCUT2D eigenvalue weighted by molar-refractivity contribution is 0.898. The molecule has 26 heavy (non-hydrogen) atoms. The fourth-order valence-corrected chi connectivity index (χ4v) is 4.70. The molecule has 1 fully saturated rings. The molecule has 1 N–H and O–H groups in total.